The van der Waals surface area contributed by atoms with Gasteiger partial charge in [0, 0.05) is 24.0 Å². The minimum Gasteiger partial charge on any atom is -0.490 e. The average molecular weight is 424 g/mol. The molecule has 7 nitrogen and oxygen atoms in total. The molecule has 0 N–H and O–H groups in total. The second kappa shape index (κ2) is 13.3. The van der Waals surface area contributed by atoms with E-state index in [1.165, 1.54) is 0 Å². The number of hydrogen-bond donors (Lipinski definition) is 0. The van der Waals surface area contributed by atoms with Crippen LogP contribution >= 0.6 is 11.3 Å². The van der Waals surface area contributed by atoms with Gasteiger partial charge in [-0.3, -0.25) is 0 Å². The van der Waals surface area contributed by atoms with Crippen LogP contribution in [0.25, 0.3) is 10.6 Å². The van der Waals surface area contributed by atoms with Gasteiger partial charge in [-0.05, 0) is 32.0 Å². The van der Waals surface area contributed by atoms with Crippen molar-refractivity contribution in [2.45, 2.75) is 20.3 Å². The molecule has 160 valence electrons. The van der Waals surface area contributed by atoms with E-state index in [9.17, 15) is 4.79 Å². The Morgan fingerprint density at radius 2 is 1.72 bits per heavy atom. The van der Waals surface area contributed by atoms with E-state index in [0.29, 0.717) is 64.2 Å². The molecule has 0 aliphatic carbocycles. The number of carbonyl (C=O) groups is 1. The smallest absolute Gasteiger partial charge is 0.161 e. The van der Waals surface area contributed by atoms with Gasteiger partial charge in [-0.1, -0.05) is 0 Å². The largest absolute Gasteiger partial charge is 0.490 e. The van der Waals surface area contributed by atoms with Crippen molar-refractivity contribution >= 4 is 17.6 Å². The predicted octanol–water partition coefficient (Wildman–Crippen LogP) is 3.32. The lowest BCUT2D eigenvalue weighted by Gasteiger charge is -2.13. The number of ether oxygens (including phenoxy) is 5. The SMILES string of the molecule is CCOc1cc(-c2nc(CC=O)c(C)s2)ccc1OCCOCCOCCOC. The summed E-state index contributed by atoms with van der Waals surface area (Å²) in [6, 6.07) is 5.75. The first-order valence-corrected chi connectivity index (χ1v) is 10.5. The molecule has 29 heavy (non-hydrogen) atoms. The molecule has 0 saturated heterocycles. The summed E-state index contributed by atoms with van der Waals surface area (Å²) < 4.78 is 27.3. The molecule has 1 aromatic heterocycles. The van der Waals surface area contributed by atoms with Gasteiger partial charge < -0.3 is 28.5 Å². The molecular formula is C21H29NO6S. The third-order valence-corrected chi connectivity index (χ3v) is 5.01. The lowest BCUT2D eigenvalue weighted by molar-refractivity contribution is -0.107. The molecule has 0 aliphatic heterocycles. The van der Waals surface area contributed by atoms with Crippen molar-refractivity contribution in [1.29, 1.82) is 0 Å². The van der Waals surface area contributed by atoms with E-state index in [2.05, 4.69) is 4.98 Å². The fraction of sp³-hybridized carbons (Fsp3) is 0.524. The Hall–Kier alpha value is -2.00. The Labute approximate surface area is 175 Å². The summed E-state index contributed by atoms with van der Waals surface area (Å²) in [5.74, 6) is 1.33. The second-order valence-corrected chi connectivity index (χ2v) is 7.26. The fourth-order valence-electron chi connectivity index (χ4n) is 2.52. The number of thiazole rings is 1. The zero-order valence-electron chi connectivity index (χ0n) is 17.3. The van der Waals surface area contributed by atoms with Crippen LogP contribution < -0.4 is 9.47 Å². The zero-order chi connectivity index (χ0) is 20.9. The minimum absolute atomic E-state index is 0.333. The molecule has 1 aromatic carbocycles. The summed E-state index contributed by atoms with van der Waals surface area (Å²) >= 11 is 1.57. The first kappa shape index (κ1) is 23.3. The van der Waals surface area contributed by atoms with E-state index in [4.69, 9.17) is 23.7 Å². The Bertz CT molecular complexity index is 749. The summed E-state index contributed by atoms with van der Waals surface area (Å²) in [5, 5.41) is 0.864. The summed E-state index contributed by atoms with van der Waals surface area (Å²) in [4.78, 5) is 16.4. The van der Waals surface area contributed by atoms with Gasteiger partial charge in [-0.25, -0.2) is 4.98 Å². The number of carbonyl (C=O) groups excluding carboxylic acids is 1. The molecule has 0 fully saturated rings. The Morgan fingerprint density at radius 3 is 2.41 bits per heavy atom. The molecule has 0 bridgehead atoms. The van der Waals surface area contributed by atoms with Crippen LogP contribution in [0.2, 0.25) is 0 Å². The third-order valence-electron chi connectivity index (χ3n) is 3.95. The van der Waals surface area contributed by atoms with Gasteiger partial charge in [0.05, 0.1) is 45.3 Å². The summed E-state index contributed by atoms with van der Waals surface area (Å²) in [7, 11) is 1.64. The molecule has 2 aromatic rings. The summed E-state index contributed by atoms with van der Waals surface area (Å²) in [5.41, 5.74) is 1.76. The van der Waals surface area contributed by atoms with E-state index in [1.54, 1.807) is 18.4 Å². The van der Waals surface area contributed by atoms with Crippen molar-refractivity contribution in [1.82, 2.24) is 4.98 Å². The van der Waals surface area contributed by atoms with Gasteiger partial charge in [-0.15, -0.1) is 11.3 Å². The number of hydrogen-bond acceptors (Lipinski definition) is 8. The van der Waals surface area contributed by atoms with Gasteiger partial charge >= 0.3 is 0 Å². The van der Waals surface area contributed by atoms with Crippen LogP contribution in [0.5, 0.6) is 11.5 Å². The number of methoxy groups -OCH3 is 1. The number of rotatable bonds is 15. The van der Waals surface area contributed by atoms with E-state index >= 15 is 0 Å². The van der Waals surface area contributed by atoms with Crippen molar-refractivity contribution in [3.63, 3.8) is 0 Å². The van der Waals surface area contributed by atoms with Crippen LogP contribution in [0.15, 0.2) is 18.2 Å². The summed E-state index contributed by atoms with van der Waals surface area (Å²) in [6.07, 6.45) is 1.21. The molecule has 0 radical (unpaired) electrons. The minimum atomic E-state index is 0.333. The first-order valence-electron chi connectivity index (χ1n) is 9.64. The topological polar surface area (TPSA) is 76.1 Å². The molecule has 0 spiro atoms. The van der Waals surface area contributed by atoms with Crippen molar-refractivity contribution in [3.8, 4) is 22.1 Å². The molecule has 0 atom stereocenters. The quantitative estimate of drug-likeness (QED) is 0.321. The maximum Gasteiger partial charge on any atom is 0.161 e. The van der Waals surface area contributed by atoms with E-state index < -0.39 is 0 Å². The van der Waals surface area contributed by atoms with E-state index in [1.807, 2.05) is 32.0 Å². The molecule has 2 rings (SSSR count). The lowest BCUT2D eigenvalue weighted by atomic mass is 10.2. The van der Waals surface area contributed by atoms with Crippen molar-refractivity contribution < 1.29 is 28.5 Å². The van der Waals surface area contributed by atoms with E-state index in [-0.39, 0.29) is 0 Å². The van der Waals surface area contributed by atoms with Crippen LogP contribution in [0, 0.1) is 6.92 Å². The van der Waals surface area contributed by atoms with Crippen LogP contribution in [-0.2, 0) is 25.4 Å². The van der Waals surface area contributed by atoms with Crippen LogP contribution in [0.4, 0.5) is 0 Å². The number of nitrogens with zero attached hydrogens (tertiary/aromatic N) is 1. The molecule has 0 unspecified atom stereocenters. The molecule has 1 heterocycles. The Kier molecular flexibility index (Phi) is 10.6. The highest BCUT2D eigenvalue weighted by atomic mass is 32.1. The highest BCUT2D eigenvalue weighted by molar-refractivity contribution is 7.15. The maximum atomic E-state index is 10.8. The van der Waals surface area contributed by atoms with Crippen molar-refractivity contribution in [2.24, 2.45) is 0 Å². The fourth-order valence-corrected chi connectivity index (χ4v) is 3.46. The van der Waals surface area contributed by atoms with E-state index in [0.717, 1.165) is 27.4 Å². The highest BCUT2D eigenvalue weighted by Crippen LogP contribution is 2.35. The molecular weight excluding hydrogens is 394 g/mol. The lowest BCUT2D eigenvalue weighted by Crippen LogP contribution is -2.12. The van der Waals surface area contributed by atoms with Crippen LogP contribution in [0.3, 0.4) is 0 Å². The number of benzene rings is 1. The zero-order valence-corrected chi connectivity index (χ0v) is 18.1. The maximum absolute atomic E-state index is 10.8. The highest BCUT2D eigenvalue weighted by Gasteiger charge is 2.13. The molecule has 0 saturated carbocycles. The number of aryl methyl sites for hydroxylation is 1. The number of aldehydes is 1. The van der Waals surface area contributed by atoms with Crippen LogP contribution in [-0.4, -0.2) is 64.6 Å². The second-order valence-electron chi connectivity index (χ2n) is 6.05. The summed E-state index contributed by atoms with van der Waals surface area (Å²) in [6.45, 7) is 7.50. The van der Waals surface area contributed by atoms with Gasteiger partial charge in [0.25, 0.3) is 0 Å². The van der Waals surface area contributed by atoms with Crippen molar-refractivity contribution in [3.05, 3.63) is 28.8 Å². The standard InChI is InChI=1S/C21H29NO6S/c1-4-27-20-15-17(21-22-18(7-8-23)16(2)29-21)5-6-19(20)28-14-13-26-12-11-25-10-9-24-3/h5-6,8,15H,4,7,9-14H2,1-3H3. The number of aromatic nitrogens is 1. The molecule has 0 aliphatic rings. The van der Waals surface area contributed by atoms with Gasteiger partial charge in [0.1, 0.15) is 17.9 Å². The monoisotopic (exact) mass is 423 g/mol. The Balaban J connectivity index is 1.89. The Morgan fingerprint density at radius 1 is 1.00 bits per heavy atom. The van der Waals surface area contributed by atoms with Gasteiger partial charge in [-0.2, -0.15) is 0 Å². The predicted molar refractivity (Wildman–Crippen MR) is 112 cm³/mol. The average Bonchev–Trinajstić information content (AvgIpc) is 3.08. The normalized spacial score (nSPS) is 10.9. The molecule has 8 heteroatoms. The first-order chi connectivity index (χ1) is 14.2. The molecule has 0 amide bonds. The van der Waals surface area contributed by atoms with Gasteiger partial charge in [0.15, 0.2) is 11.5 Å². The third kappa shape index (κ3) is 7.74. The van der Waals surface area contributed by atoms with Crippen molar-refractivity contribution in [2.75, 3.05) is 53.4 Å². The van der Waals surface area contributed by atoms with Gasteiger partial charge in [0.2, 0.25) is 0 Å². The van der Waals surface area contributed by atoms with Crippen LogP contribution in [0.1, 0.15) is 17.5 Å².